The van der Waals surface area contributed by atoms with Crippen LogP contribution in [0, 0.1) is 19.7 Å². The van der Waals surface area contributed by atoms with Gasteiger partial charge in [0, 0.05) is 21.7 Å². The molecule has 0 saturated heterocycles. The van der Waals surface area contributed by atoms with Crippen LogP contribution in [0.25, 0.3) is 0 Å². The van der Waals surface area contributed by atoms with E-state index in [1.165, 1.54) is 28.4 Å². The highest BCUT2D eigenvalue weighted by molar-refractivity contribution is 7.17. The Labute approximate surface area is 177 Å². The van der Waals surface area contributed by atoms with Gasteiger partial charge in [-0.2, -0.15) is 0 Å². The summed E-state index contributed by atoms with van der Waals surface area (Å²) in [6, 6.07) is 15.2. The van der Waals surface area contributed by atoms with Crippen LogP contribution in [0.2, 0.25) is 0 Å². The minimum atomic E-state index is -0.332. The first-order chi connectivity index (χ1) is 14.4. The van der Waals surface area contributed by atoms with E-state index < -0.39 is 0 Å². The van der Waals surface area contributed by atoms with Crippen LogP contribution >= 0.6 is 11.3 Å². The number of fused-ring (bicyclic) bond motifs is 1. The van der Waals surface area contributed by atoms with Crippen LogP contribution in [-0.4, -0.2) is 30.6 Å². The monoisotopic (exact) mass is 421 g/mol. The highest BCUT2D eigenvalue weighted by Crippen LogP contribution is 2.38. The standard InChI is InChI=1S/C23H20FN3O2S/c1-14-15(2)30-23-21(14)22(16-8-10-17(24)11-9-16)25-12-20(29)27(23)13-19(28)26-18-6-4-3-5-7-18/h3-11H,12-13H2,1-2H3,(H,26,28). The highest BCUT2D eigenvalue weighted by Gasteiger charge is 2.30. The predicted octanol–water partition coefficient (Wildman–Crippen LogP) is 4.33. The van der Waals surface area contributed by atoms with Crippen molar-refractivity contribution in [2.75, 3.05) is 23.3 Å². The lowest BCUT2D eigenvalue weighted by Crippen LogP contribution is -2.38. The van der Waals surface area contributed by atoms with E-state index in [1.807, 2.05) is 32.0 Å². The average molecular weight is 421 g/mol. The fraction of sp³-hybridized carbons (Fsp3) is 0.174. The van der Waals surface area contributed by atoms with Crippen LogP contribution in [0.3, 0.4) is 0 Å². The number of thiophene rings is 1. The number of aryl methyl sites for hydroxylation is 1. The molecule has 0 radical (unpaired) electrons. The summed E-state index contributed by atoms with van der Waals surface area (Å²) in [6.45, 7) is 3.77. The molecule has 1 aromatic heterocycles. The molecule has 1 aliphatic heterocycles. The van der Waals surface area contributed by atoms with E-state index in [-0.39, 0.29) is 30.7 Å². The zero-order valence-corrected chi connectivity index (χ0v) is 17.4. The van der Waals surface area contributed by atoms with Gasteiger partial charge < -0.3 is 5.32 Å². The van der Waals surface area contributed by atoms with Crippen molar-refractivity contribution in [1.29, 1.82) is 0 Å². The molecular weight excluding hydrogens is 401 g/mol. The largest absolute Gasteiger partial charge is 0.325 e. The van der Waals surface area contributed by atoms with Gasteiger partial charge in [0.2, 0.25) is 11.8 Å². The molecule has 7 heteroatoms. The van der Waals surface area contributed by atoms with Gasteiger partial charge in [-0.15, -0.1) is 11.3 Å². The first kappa shape index (κ1) is 20.0. The molecule has 0 spiro atoms. The van der Waals surface area contributed by atoms with Crippen molar-refractivity contribution in [3.05, 3.63) is 82.0 Å². The van der Waals surface area contributed by atoms with Crippen LogP contribution in [0.15, 0.2) is 59.6 Å². The molecule has 0 unspecified atom stereocenters. The lowest BCUT2D eigenvalue weighted by molar-refractivity contribution is -0.120. The first-order valence-corrected chi connectivity index (χ1v) is 10.3. The van der Waals surface area contributed by atoms with Crippen molar-refractivity contribution >= 4 is 39.6 Å². The summed E-state index contributed by atoms with van der Waals surface area (Å²) in [5.74, 6) is -0.867. The SMILES string of the molecule is Cc1sc2c(c1C)C(c1ccc(F)cc1)=NCC(=O)N2CC(=O)Nc1ccccc1. The molecule has 0 fully saturated rings. The topological polar surface area (TPSA) is 61.8 Å². The van der Waals surface area contributed by atoms with Crippen LogP contribution in [-0.2, 0) is 9.59 Å². The highest BCUT2D eigenvalue weighted by atomic mass is 32.1. The van der Waals surface area contributed by atoms with Crippen LogP contribution in [0.5, 0.6) is 0 Å². The van der Waals surface area contributed by atoms with Gasteiger partial charge in [-0.1, -0.05) is 18.2 Å². The number of carbonyl (C=O) groups is 2. The fourth-order valence-corrected chi connectivity index (χ4v) is 4.54. The third-order valence-electron chi connectivity index (χ3n) is 5.00. The summed E-state index contributed by atoms with van der Waals surface area (Å²) in [7, 11) is 0. The Hall–Kier alpha value is -3.32. The summed E-state index contributed by atoms with van der Waals surface area (Å²) >= 11 is 1.46. The summed E-state index contributed by atoms with van der Waals surface area (Å²) < 4.78 is 13.4. The Morgan fingerprint density at radius 2 is 1.83 bits per heavy atom. The lowest BCUT2D eigenvalue weighted by atomic mass is 10.00. The van der Waals surface area contributed by atoms with Crippen LogP contribution in [0.1, 0.15) is 21.6 Å². The summed E-state index contributed by atoms with van der Waals surface area (Å²) in [5.41, 5.74) is 3.88. The Morgan fingerprint density at radius 1 is 1.13 bits per heavy atom. The van der Waals surface area contributed by atoms with Gasteiger partial charge >= 0.3 is 0 Å². The zero-order valence-electron chi connectivity index (χ0n) is 16.6. The second-order valence-electron chi connectivity index (χ2n) is 7.03. The van der Waals surface area contributed by atoms with E-state index in [9.17, 15) is 14.0 Å². The van der Waals surface area contributed by atoms with Gasteiger partial charge in [0.15, 0.2) is 0 Å². The van der Waals surface area contributed by atoms with E-state index >= 15 is 0 Å². The van der Waals surface area contributed by atoms with E-state index in [0.29, 0.717) is 16.4 Å². The summed E-state index contributed by atoms with van der Waals surface area (Å²) in [5, 5.41) is 3.52. The number of hydrogen-bond donors (Lipinski definition) is 1. The molecule has 152 valence electrons. The van der Waals surface area contributed by atoms with E-state index in [0.717, 1.165) is 21.6 Å². The van der Waals surface area contributed by atoms with E-state index in [4.69, 9.17) is 0 Å². The number of carbonyl (C=O) groups excluding carboxylic acids is 2. The van der Waals surface area contributed by atoms with Gasteiger partial charge in [0.1, 0.15) is 23.9 Å². The van der Waals surface area contributed by atoms with Crippen LogP contribution in [0.4, 0.5) is 15.1 Å². The lowest BCUT2D eigenvalue weighted by Gasteiger charge is -2.20. The Balaban J connectivity index is 1.70. The third-order valence-corrected chi connectivity index (χ3v) is 6.23. The Morgan fingerprint density at radius 3 is 2.53 bits per heavy atom. The summed E-state index contributed by atoms with van der Waals surface area (Å²) in [6.07, 6.45) is 0. The molecule has 0 atom stereocenters. The molecule has 2 aromatic carbocycles. The number of hydrogen-bond acceptors (Lipinski definition) is 4. The number of nitrogens with zero attached hydrogens (tertiary/aromatic N) is 2. The number of para-hydroxylation sites is 1. The molecule has 1 N–H and O–H groups in total. The molecule has 4 rings (SSSR count). The predicted molar refractivity (Wildman–Crippen MR) is 118 cm³/mol. The maximum atomic E-state index is 13.4. The zero-order chi connectivity index (χ0) is 21.3. The van der Waals surface area contributed by atoms with Gasteiger partial charge in [-0.3, -0.25) is 19.5 Å². The average Bonchev–Trinajstić information content (AvgIpc) is 2.95. The molecule has 2 heterocycles. The van der Waals surface area contributed by atoms with Crippen LogP contribution < -0.4 is 10.2 Å². The maximum absolute atomic E-state index is 13.4. The number of anilines is 2. The number of aliphatic imine (C=N–C) groups is 1. The maximum Gasteiger partial charge on any atom is 0.249 e. The minimum Gasteiger partial charge on any atom is -0.325 e. The van der Waals surface area contributed by atoms with Gasteiger partial charge in [0.05, 0.1) is 5.71 Å². The fourth-order valence-electron chi connectivity index (χ4n) is 3.37. The number of nitrogens with one attached hydrogen (secondary N) is 1. The summed E-state index contributed by atoms with van der Waals surface area (Å²) in [4.78, 5) is 32.6. The number of benzene rings is 2. The molecule has 0 aliphatic carbocycles. The molecule has 5 nitrogen and oxygen atoms in total. The van der Waals surface area contributed by atoms with Crippen molar-refractivity contribution < 1.29 is 14.0 Å². The molecule has 0 bridgehead atoms. The molecular formula is C23H20FN3O2S. The van der Waals surface area contributed by atoms with E-state index in [2.05, 4.69) is 10.3 Å². The third kappa shape index (κ3) is 3.89. The molecule has 1 aliphatic rings. The molecule has 3 aromatic rings. The van der Waals surface area contributed by atoms with Gasteiger partial charge in [-0.25, -0.2) is 4.39 Å². The van der Waals surface area contributed by atoms with E-state index in [1.54, 1.807) is 24.3 Å². The molecule has 2 amide bonds. The Bertz CT molecular complexity index is 1140. The Kier molecular flexibility index (Phi) is 5.46. The first-order valence-electron chi connectivity index (χ1n) is 9.50. The normalized spacial score (nSPS) is 13.5. The van der Waals surface area contributed by atoms with Crippen molar-refractivity contribution in [2.45, 2.75) is 13.8 Å². The van der Waals surface area contributed by atoms with Crippen molar-refractivity contribution in [3.63, 3.8) is 0 Å². The number of halogens is 1. The van der Waals surface area contributed by atoms with Crippen molar-refractivity contribution in [2.24, 2.45) is 4.99 Å². The van der Waals surface area contributed by atoms with Gasteiger partial charge in [-0.05, 0) is 55.8 Å². The molecule has 30 heavy (non-hydrogen) atoms. The quantitative estimate of drug-likeness (QED) is 0.682. The smallest absolute Gasteiger partial charge is 0.249 e. The second-order valence-corrected chi connectivity index (χ2v) is 8.23. The van der Waals surface area contributed by atoms with Gasteiger partial charge in [0.25, 0.3) is 0 Å². The van der Waals surface area contributed by atoms with Crippen molar-refractivity contribution in [3.8, 4) is 0 Å². The van der Waals surface area contributed by atoms with Crippen molar-refractivity contribution in [1.82, 2.24) is 0 Å². The number of rotatable bonds is 4. The minimum absolute atomic E-state index is 0.0782. The second kappa shape index (κ2) is 8.20. The molecule has 0 saturated carbocycles. The number of amides is 2.